The van der Waals surface area contributed by atoms with Crippen LogP contribution >= 0.6 is 0 Å². The standard InChI is InChI=1S/C17H16F3N5/c1-11-6-16(23-10-22-11)24-13-4-5-25(9-13)14-3-2-12(8-21)15(7-14)17(18,19)20/h2-3,6-7,10,13H,4-5,9H2,1H3,(H,22,23,24). The first-order valence-electron chi connectivity index (χ1n) is 7.78. The molecule has 5 nitrogen and oxygen atoms in total. The first kappa shape index (κ1) is 17.0. The Morgan fingerprint density at radius 1 is 1.28 bits per heavy atom. The van der Waals surface area contributed by atoms with Crippen LogP contribution in [0, 0.1) is 18.3 Å². The van der Waals surface area contributed by atoms with Crippen LogP contribution in [0.1, 0.15) is 23.2 Å². The van der Waals surface area contributed by atoms with Gasteiger partial charge in [-0.3, -0.25) is 0 Å². The number of benzene rings is 1. The van der Waals surface area contributed by atoms with Crippen molar-refractivity contribution in [3.63, 3.8) is 0 Å². The molecule has 1 aliphatic rings. The summed E-state index contributed by atoms with van der Waals surface area (Å²) < 4.78 is 39.3. The minimum atomic E-state index is -4.54. The summed E-state index contributed by atoms with van der Waals surface area (Å²) in [7, 11) is 0. The van der Waals surface area contributed by atoms with Crippen molar-refractivity contribution in [1.82, 2.24) is 9.97 Å². The van der Waals surface area contributed by atoms with Gasteiger partial charge in [-0.15, -0.1) is 0 Å². The van der Waals surface area contributed by atoms with Crippen LogP contribution in [0.2, 0.25) is 0 Å². The van der Waals surface area contributed by atoms with Gasteiger partial charge in [-0.1, -0.05) is 0 Å². The van der Waals surface area contributed by atoms with Gasteiger partial charge in [0.25, 0.3) is 0 Å². The summed E-state index contributed by atoms with van der Waals surface area (Å²) in [5, 5.41) is 12.2. The summed E-state index contributed by atoms with van der Waals surface area (Å²) in [4.78, 5) is 10.1. The van der Waals surface area contributed by atoms with E-state index >= 15 is 0 Å². The summed E-state index contributed by atoms with van der Waals surface area (Å²) in [5.74, 6) is 0.704. The quantitative estimate of drug-likeness (QED) is 0.922. The number of hydrogen-bond donors (Lipinski definition) is 1. The fraction of sp³-hybridized carbons (Fsp3) is 0.353. The average molecular weight is 347 g/mol. The third kappa shape index (κ3) is 3.82. The lowest BCUT2D eigenvalue weighted by Crippen LogP contribution is -2.26. The Morgan fingerprint density at radius 3 is 2.76 bits per heavy atom. The van der Waals surface area contributed by atoms with Crippen molar-refractivity contribution in [1.29, 1.82) is 5.26 Å². The number of nitrogens with one attached hydrogen (secondary N) is 1. The molecule has 1 atom stereocenters. The Hall–Kier alpha value is -2.82. The predicted molar refractivity (Wildman–Crippen MR) is 87.2 cm³/mol. The van der Waals surface area contributed by atoms with Gasteiger partial charge >= 0.3 is 6.18 Å². The minimum Gasteiger partial charge on any atom is -0.369 e. The molecule has 25 heavy (non-hydrogen) atoms. The number of nitriles is 1. The van der Waals surface area contributed by atoms with E-state index in [-0.39, 0.29) is 11.6 Å². The second kappa shape index (κ2) is 6.59. The highest BCUT2D eigenvalue weighted by molar-refractivity contribution is 5.56. The van der Waals surface area contributed by atoms with E-state index < -0.39 is 11.7 Å². The molecule has 1 fully saturated rings. The van der Waals surface area contributed by atoms with Crippen molar-refractivity contribution >= 4 is 11.5 Å². The number of hydrogen-bond acceptors (Lipinski definition) is 5. The van der Waals surface area contributed by atoms with E-state index in [1.165, 1.54) is 12.4 Å². The first-order chi connectivity index (χ1) is 11.9. The average Bonchev–Trinajstić information content (AvgIpc) is 3.02. The number of alkyl halides is 3. The van der Waals surface area contributed by atoms with E-state index in [0.717, 1.165) is 18.2 Å². The molecule has 1 N–H and O–H groups in total. The predicted octanol–water partition coefficient (Wildman–Crippen LogP) is 3.37. The Balaban J connectivity index is 1.75. The summed E-state index contributed by atoms with van der Waals surface area (Å²) in [6.07, 6.45) is -2.29. The topological polar surface area (TPSA) is 64.8 Å². The molecule has 3 rings (SSSR count). The summed E-state index contributed by atoms with van der Waals surface area (Å²) in [5.41, 5.74) is 0.0562. The molecule has 0 bridgehead atoms. The minimum absolute atomic E-state index is 0.0827. The molecule has 0 aliphatic carbocycles. The van der Waals surface area contributed by atoms with E-state index in [2.05, 4.69) is 15.3 Å². The second-order valence-electron chi connectivity index (χ2n) is 5.96. The molecular weight excluding hydrogens is 331 g/mol. The zero-order chi connectivity index (χ0) is 18.0. The maximum Gasteiger partial charge on any atom is 0.417 e. The van der Waals surface area contributed by atoms with E-state index in [1.807, 2.05) is 17.9 Å². The first-order valence-corrected chi connectivity index (χ1v) is 7.78. The fourth-order valence-corrected chi connectivity index (χ4v) is 2.92. The molecule has 1 unspecified atom stereocenters. The molecular formula is C17H16F3N5. The van der Waals surface area contributed by atoms with Crippen LogP contribution in [0.3, 0.4) is 0 Å². The van der Waals surface area contributed by atoms with Crippen molar-refractivity contribution in [2.45, 2.75) is 25.6 Å². The molecule has 0 amide bonds. The van der Waals surface area contributed by atoms with Crippen molar-refractivity contribution < 1.29 is 13.2 Å². The number of anilines is 2. The Labute approximate surface area is 143 Å². The Morgan fingerprint density at radius 2 is 2.08 bits per heavy atom. The maximum atomic E-state index is 13.1. The van der Waals surface area contributed by atoms with Gasteiger partial charge in [0.05, 0.1) is 17.2 Å². The number of aromatic nitrogens is 2. The molecule has 8 heteroatoms. The maximum absolute atomic E-state index is 13.1. The van der Waals surface area contributed by atoms with Crippen LogP contribution in [0.15, 0.2) is 30.6 Å². The van der Waals surface area contributed by atoms with Crippen LogP contribution in [0.5, 0.6) is 0 Å². The SMILES string of the molecule is Cc1cc(NC2CCN(c3ccc(C#N)c(C(F)(F)F)c3)C2)ncn1. The normalized spacial score (nSPS) is 17.4. The monoisotopic (exact) mass is 347 g/mol. The number of halogens is 3. The van der Waals surface area contributed by atoms with Crippen LogP contribution in [0.4, 0.5) is 24.7 Å². The van der Waals surface area contributed by atoms with Crippen molar-refractivity contribution in [2.24, 2.45) is 0 Å². The number of aryl methyl sites for hydroxylation is 1. The van der Waals surface area contributed by atoms with Gasteiger partial charge in [-0.2, -0.15) is 18.4 Å². The van der Waals surface area contributed by atoms with Crippen LogP contribution < -0.4 is 10.2 Å². The zero-order valence-corrected chi connectivity index (χ0v) is 13.5. The molecule has 130 valence electrons. The van der Waals surface area contributed by atoms with Crippen molar-refractivity contribution in [3.05, 3.63) is 47.4 Å². The number of rotatable bonds is 3. The highest BCUT2D eigenvalue weighted by Gasteiger charge is 2.34. The highest BCUT2D eigenvalue weighted by Crippen LogP contribution is 2.35. The van der Waals surface area contributed by atoms with Gasteiger partial charge < -0.3 is 10.2 Å². The van der Waals surface area contributed by atoms with Crippen LogP contribution in [0.25, 0.3) is 0 Å². The van der Waals surface area contributed by atoms with Gasteiger partial charge in [-0.05, 0) is 31.5 Å². The van der Waals surface area contributed by atoms with Crippen LogP contribution in [-0.4, -0.2) is 29.1 Å². The van der Waals surface area contributed by atoms with Gasteiger partial charge in [0.2, 0.25) is 0 Å². The van der Waals surface area contributed by atoms with Gasteiger partial charge in [-0.25, -0.2) is 9.97 Å². The summed E-state index contributed by atoms with van der Waals surface area (Å²) in [6.45, 7) is 3.06. The zero-order valence-electron chi connectivity index (χ0n) is 13.5. The van der Waals surface area contributed by atoms with Crippen molar-refractivity contribution in [2.75, 3.05) is 23.3 Å². The Bertz CT molecular complexity index is 813. The summed E-state index contributed by atoms with van der Waals surface area (Å²) in [6, 6.07) is 7.35. The van der Waals surface area contributed by atoms with E-state index in [0.29, 0.717) is 24.6 Å². The molecule has 0 saturated carbocycles. The Kier molecular flexibility index (Phi) is 4.49. The molecule has 1 aliphatic heterocycles. The van der Waals surface area contributed by atoms with Crippen LogP contribution in [-0.2, 0) is 6.18 Å². The fourth-order valence-electron chi connectivity index (χ4n) is 2.92. The molecule has 0 spiro atoms. The van der Waals surface area contributed by atoms with E-state index in [9.17, 15) is 13.2 Å². The van der Waals surface area contributed by atoms with E-state index in [1.54, 1.807) is 12.1 Å². The molecule has 1 aromatic carbocycles. The molecule has 1 aromatic heterocycles. The lowest BCUT2D eigenvalue weighted by molar-refractivity contribution is -0.137. The molecule has 1 saturated heterocycles. The number of nitrogens with zero attached hydrogens (tertiary/aromatic N) is 4. The smallest absolute Gasteiger partial charge is 0.369 e. The van der Waals surface area contributed by atoms with E-state index in [4.69, 9.17) is 5.26 Å². The van der Waals surface area contributed by atoms with Gasteiger partial charge in [0, 0.05) is 36.6 Å². The van der Waals surface area contributed by atoms with Gasteiger partial charge in [0.15, 0.2) is 0 Å². The van der Waals surface area contributed by atoms with Crippen molar-refractivity contribution in [3.8, 4) is 6.07 Å². The third-order valence-corrected chi connectivity index (χ3v) is 4.14. The molecule has 2 heterocycles. The molecule has 2 aromatic rings. The van der Waals surface area contributed by atoms with Gasteiger partial charge in [0.1, 0.15) is 12.1 Å². The third-order valence-electron chi connectivity index (χ3n) is 4.14. The largest absolute Gasteiger partial charge is 0.417 e. The molecule has 0 radical (unpaired) electrons. The highest BCUT2D eigenvalue weighted by atomic mass is 19.4. The lowest BCUT2D eigenvalue weighted by atomic mass is 10.1. The lowest BCUT2D eigenvalue weighted by Gasteiger charge is -2.21. The summed E-state index contributed by atoms with van der Waals surface area (Å²) >= 11 is 0. The second-order valence-corrected chi connectivity index (χ2v) is 5.96.